The highest BCUT2D eigenvalue weighted by Crippen LogP contribution is 2.48. The van der Waals surface area contributed by atoms with Crippen LogP contribution in [-0.2, 0) is 22.7 Å². The third-order valence-corrected chi connectivity index (χ3v) is 5.06. The normalized spacial score (nSPS) is 22.7. The summed E-state index contributed by atoms with van der Waals surface area (Å²) in [5, 5.41) is 0. The number of anilines is 1. The Bertz CT molecular complexity index is 876. The minimum absolute atomic E-state index is 0.0403. The highest BCUT2D eigenvalue weighted by Gasteiger charge is 2.45. The van der Waals surface area contributed by atoms with Crippen LogP contribution in [-0.4, -0.2) is 6.41 Å². The molecular formula is C19H16F6N2O. The van der Waals surface area contributed by atoms with E-state index in [0.717, 1.165) is 4.90 Å². The first-order chi connectivity index (χ1) is 12.9. The van der Waals surface area contributed by atoms with E-state index >= 15 is 0 Å². The van der Waals surface area contributed by atoms with E-state index in [4.69, 9.17) is 5.73 Å². The maximum Gasteiger partial charge on any atom is 0.416 e. The number of hydrogen-bond donors (Lipinski definition) is 1. The molecule has 1 heterocycles. The third-order valence-electron chi connectivity index (χ3n) is 5.06. The smallest absolute Gasteiger partial charge is 0.324 e. The second-order valence-corrected chi connectivity index (χ2v) is 6.91. The van der Waals surface area contributed by atoms with Crippen LogP contribution < -0.4 is 10.6 Å². The minimum atomic E-state index is -4.98. The zero-order valence-corrected chi connectivity index (χ0v) is 14.6. The second-order valence-electron chi connectivity index (χ2n) is 6.91. The predicted octanol–water partition coefficient (Wildman–Crippen LogP) is 5.01. The molecule has 150 valence electrons. The molecule has 2 atom stereocenters. The number of alkyl halides is 6. The fourth-order valence-electron chi connectivity index (χ4n) is 3.62. The summed E-state index contributed by atoms with van der Waals surface area (Å²) >= 11 is 0. The number of carbonyl (C=O) groups is 1. The summed E-state index contributed by atoms with van der Waals surface area (Å²) in [4.78, 5) is 13.0. The monoisotopic (exact) mass is 402 g/mol. The Labute approximate surface area is 156 Å². The molecule has 0 aliphatic carbocycles. The predicted molar refractivity (Wildman–Crippen MR) is 90.3 cm³/mol. The zero-order valence-electron chi connectivity index (χ0n) is 14.6. The number of halogens is 6. The van der Waals surface area contributed by atoms with Crippen molar-refractivity contribution in [3.05, 3.63) is 64.7 Å². The van der Waals surface area contributed by atoms with E-state index in [2.05, 4.69) is 0 Å². The van der Waals surface area contributed by atoms with Crippen molar-refractivity contribution >= 4 is 12.1 Å². The molecule has 0 aromatic heterocycles. The number of rotatable bonds is 2. The van der Waals surface area contributed by atoms with Gasteiger partial charge < -0.3 is 10.6 Å². The van der Waals surface area contributed by atoms with Crippen molar-refractivity contribution < 1.29 is 31.1 Å². The highest BCUT2D eigenvalue weighted by atomic mass is 19.4. The van der Waals surface area contributed by atoms with E-state index in [1.807, 2.05) is 0 Å². The van der Waals surface area contributed by atoms with Gasteiger partial charge in [-0.15, -0.1) is 0 Å². The SMILES string of the molecule is C[C@@]1(c2cc(C(F)(F)F)cc(C(F)(F)F)c2)C[C@@H](N)c2ccccc2N1C=O. The average molecular weight is 402 g/mol. The van der Waals surface area contributed by atoms with E-state index in [1.165, 1.54) is 6.92 Å². The van der Waals surface area contributed by atoms with E-state index in [0.29, 0.717) is 29.8 Å². The summed E-state index contributed by atoms with van der Waals surface area (Å²) < 4.78 is 79.5. The van der Waals surface area contributed by atoms with E-state index < -0.39 is 35.1 Å². The van der Waals surface area contributed by atoms with Crippen molar-refractivity contribution in [2.75, 3.05) is 4.90 Å². The topological polar surface area (TPSA) is 46.3 Å². The average Bonchev–Trinajstić information content (AvgIpc) is 2.60. The van der Waals surface area contributed by atoms with Gasteiger partial charge in [-0.05, 0) is 48.7 Å². The van der Waals surface area contributed by atoms with Gasteiger partial charge in [0.25, 0.3) is 0 Å². The number of amides is 1. The molecule has 0 spiro atoms. The van der Waals surface area contributed by atoms with Gasteiger partial charge in [-0.25, -0.2) is 0 Å². The molecule has 2 aromatic rings. The molecule has 2 aromatic carbocycles. The molecule has 1 aliphatic heterocycles. The number of nitrogens with zero attached hydrogens (tertiary/aromatic N) is 1. The van der Waals surface area contributed by atoms with Crippen molar-refractivity contribution in [3.8, 4) is 0 Å². The molecule has 0 saturated carbocycles. The maximum absolute atomic E-state index is 13.2. The van der Waals surface area contributed by atoms with Crippen LogP contribution in [0.4, 0.5) is 32.0 Å². The van der Waals surface area contributed by atoms with Crippen molar-refractivity contribution in [3.63, 3.8) is 0 Å². The molecule has 0 radical (unpaired) electrons. The molecule has 0 fully saturated rings. The van der Waals surface area contributed by atoms with E-state index in [9.17, 15) is 31.1 Å². The second kappa shape index (κ2) is 6.51. The van der Waals surface area contributed by atoms with Crippen molar-refractivity contribution in [2.24, 2.45) is 5.73 Å². The largest absolute Gasteiger partial charge is 0.416 e. The molecule has 28 heavy (non-hydrogen) atoms. The van der Waals surface area contributed by atoms with Crippen LogP contribution in [0.15, 0.2) is 42.5 Å². The van der Waals surface area contributed by atoms with E-state index in [-0.39, 0.29) is 18.1 Å². The lowest BCUT2D eigenvalue weighted by Gasteiger charge is -2.46. The number of para-hydroxylation sites is 1. The quantitative estimate of drug-likeness (QED) is 0.567. The van der Waals surface area contributed by atoms with Gasteiger partial charge >= 0.3 is 12.4 Å². The molecule has 9 heteroatoms. The maximum atomic E-state index is 13.2. The minimum Gasteiger partial charge on any atom is -0.324 e. The summed E-state index contributed by atoms with van der Waals surface area (Å²) in [5.41, 5.74) is 2.44. The molecule has 2 N–H and O–H groups in total. The standard InChI is InChI=1S/C19H16F6N2O/c1-17(9-15(26)14-4-2-3-5-16(14)27(17)10-28)11-6-12(18(20,21)22)8-13(7-11)19(23,24)25/h2-8,10,15H,9,26H2,1H3/t15-,17+/m1/s1. The number of carbonyl (C=O) groups excluding carboxylic acids is 1. The lowest BCUT2D eigenvalue weighted by atomic mass is 9.77. The van der Waals surface area contributed by atoms with Crippen molar-refractivity contribution in [2.45, 2.75) is 37.3 Å². The summed E-state index contributed by atoms with van der Waals surface area (Å²) in [7, 11) is 0. The third kappa shape index (κ3) is 3.34. The summed E-state index contributed by atoms with van der Waals surface area (Å²) in [5.74, 6) is 0. The first kappa shape index (κ1) is 20.2. The van der Waals surface area contributed by atoms with Gasteiger partial charge in [0.1, 0.15) is 0 Å². The Morgan fingerprint density at radius 2 is 1.57 bits per heavy atom. The van der Waals surface area contributed by atoms with Crippen LogP contribution in [0.5, 0.6) is 0 Å². The Hall–Kier alpha value is -2.55. The lowest BCUT2D eigenvalue weighted by molar-refractivity contribution is -0.143. The number of fused-ring (bicyclic) bond motifs is 1. The Kier molecular flexibility index (Phi) is 4.69. The molecule has 0 bridgehead atoms. The van der Waals surface area contributed by atoms with Gasteiger partial charge in [-0.1, -0.05) is 18.2 Å². The Morgan fingerprint density at radius 3 is 2.07 bits per heavy atom. The van der Waals surface area contributed by atoms with Crippen LogP contribution in [0.3, 0.4) is 0 Å². The van der Waals surface area contributed by atoms with Crippen molar-refractivity contribution in [1.82, 2.24) is 0 Å². The molecule has 0 saturated heterocycles. The fourth-order valence-corrected chi connectivity index (χ4v) is 3.62. The van der Waals surface area contributed by atoms with Crippen LogP contribution in [0.2, 0.25) is 0 Å². The van der Waals surface area contributed by atoms with Crippen molar-refractivity contribution in [1.29, 1.82) is 0 Å². The summed E-state index contributed by atoms with van der Waals surface area (Å²) in [6, 6.07) is 7.22. The van der Waals surface area contributed by atoms with E-state index in [1.54, 1.807) is 24.3 Å². The molecule has 0 unspecified atom stereocenters. The first-order valence-electron chi connectivity index (χ1n) is 8.27. The zero-order chi connectivity index (χ0) is 20.9. The number of hydrogen-bond acceptors (Lipinski definition) is 2. The van der Waals surface area contributed by atoms with Crippen LogP contribution in [0, 0.1) is 0 Å². The van der Waals surface area contributed by atoms with Crippen LogP contribution in [0.25, 0.3) is 0 Å². The number of benzene rings is 2. The Balaban J connectivity index is 2.25. The molecule has 3 nitrogen and oxygen atoms in total. The fraction of sp³-hybridized carbons (Fsp3) is 0.316. The molecular weight excluding hydrogens is 386 g/mol. The molecule has 3 rings (SSSR count). The summed E-state index contributed by atoms with van der Waals surface area (Å²) in [6.45, 7) is 1.41. The van der Waals surface area contributed by atoms with Gasteiger partial charge in [0.15, 0.2) is 0 Å². The van der Waals surface area contributed by atoms with Gasteiger partial charge in [-0.3, -0.25) is 4.79 Å². The highest BCUT2D eigenvalue weighted by molar-refractivity contribution is 5.81. The lowest BCUT2D eigenvalue weighted by Crippen LogP contribution is -2.49. The van der Waals surface area contributed by atoms with Gasteiger partial charge in [0, 0.05) is 11.7 Å². The van der Waals surface area contributed by atoms with Crippen LogP contribution >= 0.6 is 0 Å². The van der Waals surface area contributed by atoms with Crippen LogP contribution in [0.1, 0.15) is 41.6 Å². The van der Waals surface area contributed by atoms with Gasteiger partial charge in [-0.2, -0.15) is 26.3 Å². The molecule has 1 amide bonds. The number of nitrogens with two attached hydrogens (primary N) is 1. The van der Waals surface area contributed by atoms with Gasteiger partial charge in [0.05, 0.1) is 16.7 Å². The first-order valence-corrected chi connectivity index (χ1v) is 8.27. The van der Waals surface area contributed by atoms with Gasteiger partial charge in [0.2, 0.25) is 6.41 Å². The summed E-state index contributed by atoms with van der Waals surface area (Å²) in [6.07, 6.45) is -9.60. The molecule has 1 aliphatic rings. The Morgan fingerprint density at radius 1 is 1.04 bits per heavy atom.